The van der Waals surface area contributed by atoms with Gasteiger partial charge in [0.05, 0.1) is 10.0 Å². The molecule has 0 bridgehead atoms. The number of hydrogen-bond acceptors (Lipinski definition) is 4. The quantitative estimate of drug-likeness (QED) is 0.336. The van der Waals surface area contributed by atoms with E-state index < -0.39 is 0 Å². The molecule has 144 valence electrons. The summed E-state index contributed by atoms with van der Waals surface area (Å²) in [5.41, 5.74) is 0.558. The second-order valence-electron chi connectivity index (χ2n) is 6.29. The Morgan fingerprint density at radius 2 is 1.20 bits per heavy atom. The number of nitriles is 2. The Labute approximate surface area is 183 Å². The third-order valence-corrected chi connectivity index (χ3v) is 5.06. The molecule has 0 fully saturated rings. The van der Waals surface area contributed by atoms with Gasteiger partial charge in [-0.2, -0.15) is 10.5 Å². The molecule has 0 unspecified atom stereocenters. The lowest BCUT2D eigenvalue weighted by Crippen LogP contribution is -1.91. The summed E-state index contributed by atoms with van der Waals surface area (Å²) in [5.74, 6) is 1.90. The number of hydrogen-bond donors (Lipinski definition) is 0. The molecule has 4 rings (SSSR count). The van der Waals surface area contributed by atoms with Crippen LogP contribution in [0.5, 0.6) is 23.0 Å². The van der Waals surface area contributed by atoms with E-state index >= 15 is 0 Å². The lowest BCUT2D eigenvalue weighted by Gasteiger charge is -2.12. The van der Waals surface area contributed by atoms with Gasteiger partial charge in [-0.1, -0.05) is 47.5 Å². The number of rotatable bonds is 4. The normalized spacial score (nSPS) is 10.3. The fourth-order valence-corrected chi connectivity index (χ4v) is 3.44. The van der Waals surface area contributed by atoms with E-state index in [9.17, 15) is 10.5 Å². The molecule has 30 heavy (non-hydrogen) atoms. The topological polar surface area (TPSA) is 66.0 Å². The van der Waals surface area contributed by atoms with Gasteiger partial charge in [-0.3, -0.25) is 0 Å². The Morgan fingerprint density at radius 3 is 1.83 bits per heavy atom. The second kappa shape index (κ2) is 8.35. The van der Waals surface area contributed by atoms with Crippen molar-refractivity contribution in [3.63, 3.8) is 0 Å². The van der Waals surface area contributed by atoms with Gasteiger partial charge >= 0.3 is 0 Å². The van der Waals surface area contributed by atoms with Crippen LogP contribution in [0.3, 0.4) is 0 Å². The van der Waals surface area contributed by atoms with Gasteiger partial charge in [-0.25, -0.2) is 0 Å². The van der Waals surface area contributed by atoms with Crippen molar-refractivity contribution < 1.29 is 9.47 Å². The van der Waals surface area contributed by atoms with Crippen LogP contribution in [-0.2, 0) is 0 Å². The Kier molecular flexibility index (Phi) is 5.46. The second-order valence-corrected chi connectivity index (χ2v) is 7.11. The Bertz CT molecular complexity index is 1350. The first-order chi connectivity index (χ1) is 14.6. The van der Waals surface area contributed by atoms with E-state index in [0.29, 0.717) is 33.0 Å². The van der Waals surface area contributed by atoms with Crippen LogP contribution in [0.25, 0.3) is 10.8 Å². The fourth-order valence-electron chi connectivity index (χ4n) is 3.03. The van der Waals surface area contributed by atoms with Crippen LogP contribution in [-0.4, -0.2) is 0 Å². The average Bonchev–Trinajstić information content (AvgIpc) is 2.74. The zero-order chi connectivity index (χ0) is 21.1. The van der Waals surface area contributed by atoms with Crippen molar-refractivity contribution in [1.82, 2.24) is 0 Å². The molecule has 4 nitrogen and oxygen atoms in total. The van der Waals surface area contributed by atoms with Crippen molar-refractivity contribution in [1.29, 1.82) is 10.5 Å². The predicted octanol–water partition coefficient (Wildman–Crippen LogP) is 7.47. The Hall–Kier alpha value is -3.70. The van der Waals surface area contributed by atoms with Gasteiger partial charge in [0, 0.05) is 5.39 Å². The molecule has 6 heteroatoms. The van der Waals surface area contributed by atoms with Crippen LogP contribution in [0.2, 0.25) is 10.0 Å². The van der Waals surface area contributed by atoms with Gasteiger partial charge in [0.25, 0.3) is 0 Å². The van der Waals surface area contributed by atoms with E-state index in [-0.39, 0.29) is 11.1 Å². The molecule has 0 aliphatic carbocycles. The van der Waals surface area contributed by atoms with Crippen LogP contribution < -0.4 is 9.47 Å². The first-order valence-corrected chi connectivity index (χ1v) is 9.62. The Morgan fingerprint density at radius 1 is 0.633 bits per heavy atom. The third kappa shape index (κ3) is 3.75. The predicted molar refractivity (Wildman–Crippen MR) is 116 cm³/mol. The molecule has 0 amide bonds. The molecule has 0 atom stereocenters. The molecule has 0 heterocycles. The summed E-state index contributed by atoms with van der Waals surface area (Å²) in [6.07, 6.45) is 0. The summed E-state index contributed by atoms with van der Waals surface area (Å²) in [6, 6.07) is 25.3. The fraction of sp³-hybridized carbons (Fsp3) is 0. The molecular weight excluding hydrogens is 419 g/mol. The molecule has 0 aliphatic rings. The first-order valence-electron chi connectivity index (χ1n) is 8.86. The summed E-state index contributed by atoms with van der Waals surface area (Å²) in [6.45, 7) is 0. The van der Waals surface area contributed by atoms with Crippen LogP contribution in [0.15, 0.2) is 72.8 Å². The largest absolute Gasteiger partial charge is 0.456 e. The highest BCUT2D eigenvalue weighted by Gasteiger charge is 2.12. The van der Waals surface area contributed by atoms with Crippen LogP contribution in [0.4, 0.5) is 0 Å². The monoisotopic (exact) mass is 430 g/mol. The van der Waals surface area contributed by atoms with Gasteiger partial charge < -0.3 is 9.47 Å². The Balaban J connectivity index is 1.70. The van der Waals surface area contributed by atoms with Gasteiger partial charge in [0.1, 0.15) is 46.3 Å². The van der Waals surface area contributed by atoms with Crippen molar-refractivity contribution in [2.24, 2.45) is 0 Å². The maximum Gasteiger partial charge on any atom is 0.146 e. The van der Waals surface area contributed by atoms with Crippen molar-refractivity contribution in [3.05, 3.63) is 94.0 Å². The van der Waals surface area contributed by atoms with Crippen molar-refractivity contribution in [2.45, 2.75) is 0 Å². The molecule has 4 aromatic rings. The zero-order valence-corrected chi connectivity index (χ0v) is 16.9. The van der Waals surface area contributed by atoms with Crippen molar-refractivity contribution in [2.75, 3.05) is 0 Å². The van der Waals surface area contributed by atoms with E-state index in [2.05, 4.69) is 12.1 Å². The third-order valence-electron chi connectivity index (χ3n) is 4.43. The maximum atomic E-state index is 9.37. The zero-order valence-electron chi connectivity index (χ0n) is 15.4. The van der Waals surface area contributed by atoms with Crippen LogP contribution in [0.1, 0.15) is 11.1 Å². The number of ether oxygens (including phenoxy) is 2. The minimum Gasteiger partial charge on any atom is -0.456 e. The van der Waals surface area contributed by atoms with Crippen molar-refractivity contribution >= 4 is 34.0 Å². The number of fused-ring (bicyclic) bond motifs is 1. The lowest BCUT2D eigenvalue weighted by molar-refractivity contribution is 0.481. The molecule has 0 saturated carbocycles. The smallest absolute Gasteiger partial charge is 0.146 e. The van der Waals surface area contributed by atoms with Crippen molar-refractivity contribution in [3.8, 4) is 35.1 Å². The molecule has 0 spiro atoms. The number of halogens is 2. The number of benzene rings is 4. The molecular formula is C24H12Cl2N2O2. The molecule has 0 radical (unpaired) electrons. The molecule has 0 saturated heterocycles. The maximum absolute atomic E-state index is 9.37. The molecule has 0 aromatic heterocycles. The lowest BCUT2D eigenvalue weighted by atomic mass is 10.1. The first kappa shape index (κ1) is 19.6. The average molecular weight is 431 g/mol. The van der Waals surface area contributed by atoms with E-state index in [0.717, 1.165) is 10.8 Å². The SMILES string of the molecule is N#Cc1c(Cl)cccc1Oc1ccc2c(Oc3cccc(Cl)c3C#N)cccc2c1. The summed E-state index contributed by atoms with van der Waals surface area (Å²) in [4.78, 5) is 0. The highest BCUT2D eigenvalue weighted by atomic mass is 35.5. The standard InChI is InChI=1S/C24H12Cl2N2O2/c25-20-5-2-8-23(18(20)13-27)29-16-10-11-17-15(12-16)4-1-7-22(17)30-24-9-3-6-21(26)19(24)14-28/h1-12H. The summed E-state index contributed by atoms with van der Waals surface area (Å²) in [5, 5.41) is 21.1. The van der Waals surface area contributed by atoms with E-state index in [1.54, 1.807) is 42.5 Å². The number of nitrogens with zero attached hydrogens (tertiary/aromatic N) is 2. The summed E-state index contributed by atoms with van der Waals surface area (Å²) < 4.78 is 11.9. The summed E-state index contributed by atoms with van der Waals surface area (Å²) >= 11 is 12.2. The van der Waals surface area contributed by atoms with E-state index in [1.807, 2.05) is 30.3 Å². The molecule has 4 aromatic carbocycles. The highest BCUT2D eigenvalue weighted by Crippen LogP contribution is 2.36. The van der Waals surface area contributed by atoms with Gasteiger partial charge in [-0.05, 0) is 53.9 Å². The minimum absolute atomic E-state index is 0.279. The van der Waals surface area contributed by atoms with E-state index in [1.165, 1.54) is 0 Å². The van der Waals surface area contributed by atoms with Crippen LogP contribution >= 0.6 is 23.2 Å². The van der Waals surface area contributed by atoms with E-state index in [4.69, 9.17) is 32.7 Å². The molecule has 0 aliphatic heterocycles. The van der Waals surface area contributed by atoms with Crippen LogP contribution in [0, 0.1) is 22.7 Å². The minimum atomic E-state index is 0.279. The highest BCUT2D eigenvalue weighted by molar-refractivity contribution is 6.32. The van der Waals surface area contributed by atoms with Gasteiger partial charge in [0.2, 0.25) is 0 Å². The molecule has 0 N–H and O–H groups in total. The van der Waals surface area contributed by atoms with Gasteiger partial charge in [0.15, 0.2) is 0 Å². The summed E-state index contributed by atoms with van der Waals surface area (Å²) in [7, 11) is 0. The van der Waals surface area contributed by atoms with Gasteiger partial charge in [-0.15, -0.1) is 0 Å².